The number of piperidine rings is 1. The van der Waals surface area contributed by atoms with Crippen LogP contribution < -0.4 is 5.73 Å². The van der Waals surface area contributed by atoms with Crippen molar-refractivity contribution in [2.45, 2.75) is 38.6 Å². The van der Waals surface area contributed by atoms with Crippen molar-refractivity contribution in [2.24, 2.45) is 10.9 Å². The van der Waals surface area contributed by atoms with Crippen molar-refractivity contribution >= 4 is 5.84 Å². The molecule has 1 heterocycles. The zero-order valence-corrected chi connectivity index (χ0v) is 8.24. The van der Waals surface area contributed by atoms with Gasteiger partial charge in [0.2, 0.25) is 0 Å². The van der Waals surface area contributed by atoms with Gasteiger partial charge in [0.05, 0.1) is 0 Å². The van der Waals surface area contributed by atoms with Crippen molar-refractivity contribution in [3.05, 3.63) is 0 Å². The van der Waals surface area contributed by atoms with E-state index in [4.69, 9.17) is 10.9 Å². The number of nitrogens with two attached hydrogens (primary N) is 1. The predicted molar refractivity (Wildman–Crippen MR) is 52.9 cm³/mol. The fourth-order valence-corrected chi connectivity index (χ4v) is 1.83. The number of hydrogen-bond acceptors (Lipinski definition) is 3. The molecule has 0 aromatic rings. The van der Waals surface area contributed by atoms with Crippen LogP contribution in [0.1, 0.15) is 32.6 Å². The van der Waals surface area contributed by atoms with E-state index in [9.17, 15) is 0 Å². The van der Waals surface area contributed by atoms with Crippen LogP contribution >= 0.6 is 0 Å². The molecule has 1 fully saturated rings. The molecule has 1 saturated heterocycles. The van der Waals surface area contributed by atoms with Crippen LogP contribution in [-0.4, -0.2) is 35.1 Å². The summed E-state index contributed by atoms with van der Waals surface area (Å²) in [5.74, 6) is 0.332. The minimum atomic E-state index is 0.332. The highest BCUT2D eigenvalue weighted by atomic mass is 16.4. The summed E-state index contributed by atoms with van der Waals surface area (Å²) >= 11 is 0. The molecule has 0 radical (unpaired) electrons. The monoisotopic (exact) mass is 185 g/mol. The van der Waals surface area contributed by atoms with Crippen LogP contribution in [0.5, 0.6) is 0 Å². The predicted octanol–water partition coefficient (Wildman–Crippen LogP) is 0.997. The summed E-state index contributed by atoms with van der Waals surface area (Å²) in [6, 6.07) is 0.399. The summed E-state index contributed by atoms with van der Waals surface area (Å²) in [4.78, 5) is 2.40. The minimum absolute atomic E-state index is 0.332. The quantitative estimate of drug-likeness (QED) is 0.298. The summed E-state index contributed by atoms with van der Waals surface area (Å²) in [5, 5.41) is 11.4. The molecule has 1 atom stereocenters. The first-order valence-electron chi connectivity index (χ1n) is 4.94. The van der Waals surface area contributed by atoms with E-state index in [-0.39, 0.29) is 0 Å². The molecule has 1 aliphatic heterocycles. The summed E-state index contributed by atoms with van der Waals surface area (Å²) in [7, 11) is 0. The Balaban J connectivity index is 2.32. The van der Waals surface area contributed by atoms with E-state index >= 15 is 0 Å². The van der Waals surface area contributed by atoms with Gasteiger partial charge in [0.1, 0.15) is 5.84 Å². The van der Waals surface area contributed by atoms with Crippen LogP contribution in [0.25, 0.3) is 0 Å². The number of likely N-dealkylation sites (tertiary alicyclic amines) is 1. The van der Waals surface area contributed by atoms with Gasteiger partial charge in [0.15, 0.2) is 0 Å². The Labute approximate surface area is 79.4 Å². The van der Waals surface area contributed by atoms with Crippen molar-refractivity contribution in [3.8, 4) is 0 Å². The molecule has 0 amide bonds. The maximum atomic E-state index is 8.43. The molecule has 1 unspecified atom stereocenters. The number of oxime groups is 1. The third-order valence-electron chi connectivity index (χ3n) is 2.65. The van der Waals surface area contributed by atoms with Crippen molar-refractivity contribution in [2.75, 3.05) is 13.1 Å². The second-order valence-corrected chi connectivity index (χ2v) is 3.74. The Morgan fingerprint density at radius 3 is 2.62 bits per heavy atom. The summed E-state index contributed by atoms with van der Waals surface area (Å²) in [6.45, 7) is 4.43. The Kier molecular flexibility index (Phi) is 4.02. The lowest BCUT2D eigenvalue weighted by atomic mass is 10.1. The lowest BCUT2D eigenvalue weighted by molar-refractivity contribution is 0.176. The first-order chi connectivity index (χ1) is 6.24. The summed E-state index contributed by atoms with van der Waals surface area (Å²) in [6.07, 6.45) is 4.56. The van der Waals surface area contributed by atoms with Gasteiger partial charge in [0, 0.05) is 12.5 Å². The van der Waals surface area contributed by atoms with Crippen LogP contribution in [0.2, 0.25) is 0 Å². The van der Waals surface area contributed by atoms with E-state index in [0.717, 1.165) is 13.1 Å². The van der Waals surface area contributed by atoms with E-state index in [2.05, 4.69) is 17.0 Å². The van der Waals surface area contributed by atoms with Crippen molar-refractivity contribution < 1.29 is 5.21 Å². The first kappa shape index (κ1) is 10.3. The van der Waals surface area contributed by atoms with Crippen molar-refractivity contribution in [1.29, 1.82) is 0 Å². The van der Waals surface area contributed by atoms with Gasteiger partial charge in [-0.1, -0.05) is 11.6 Å². The summed E-state index contributed by atoms with van der Waals surface area (Å²) < 4.78 is 0. The van der Waals surface area contributed by atoms with Gasteiger partial charge in [-0.25, -0.2) is 0 Å². The smallest absolute Gasteiger partial charge is 0.140 e. The third-order valence-corrected chi connectivity index (χ3v) is 2.65. The molecule has 1 aliphatic rings. The van der Waals surface area contributed by atoms with E-state index in [1.807, 2.05) is 0 Å². The molecule has 13 heavy (non-hydrogen) atoms. The van der Waals surface area contributed by atoms with Gasteiger partial charge < -0.3 is 15.8 Å². The average Bonchev–Trinajstić information content (AvgIpc) is 2.19. The fourth-order valence-electron chi connectivity index (χ4n) is 1.83. The molecule has 3 N–H and O–H groups in total. The minimum Gasteiger partial charge on any atom is -0.409 e. The Hall–Kier alpha value is -0.770. The molecule has 4 heteroatoms. The normalized spacial score (nSPS) is 23.0. The zero-order valence-electron chi connectivity index (χ0n) is 8.24. The number of rotatable bonds is 3. The van der Waals surface area contributed by atoms with Gasteiger partial charge in [0.25, 0.3) is 0 Å². The molecule has 0 spiro atoms. The highest BCUT2D eigenvalue weighted by Crippen LogP contribution is 2.13. The molecule has 0 saturated carbocycles. The maximum absolute atomic E-state index is 8.43. The topological polar surface area (TPSA) is 61.9 Å². The standard InChI is InChI=1S/C9H19N3O/c1-8(7-9(10)11-13)12-5-3-2-4-6-12/h8,13H,2-7H2,1H3,(H2,10,11). The second kappa shape index (κ2) is 5.07. The van der Waals surface area contributed by atoms with Crippen LogP contribution in [0.15, 0.2) is 5.16 Å². The van der Waals surface area contributed by atoms with E-state index in [0.29, 0.717) is 18.3 Å². The highest BCUT2D eigenvalue weighted by molar-refractivity contribution is 5.80. The molecule has 0 bridgehead atoms. The number of nitrogens with zero attached hydrogens (tertiary/aromatic N) is 2. The Morgan fingerprint density at radius 2 is 2.08 bits per heavy atom. The average molecular weight is 185 g/mol. The fraction of sp³-hybridized carbons (Fsp3) is 0.889. The third kappa shape index (κ3) is 3.22. The van der Waals surface area contributed by atoms with Crippen molar-refractivity contribution in [3.63, 3.8) is 0 Å². The van der Waals surface area contributed by atoms with Crippen LogP contribution in [0, 0.1) is 0 Å². The Morgan fingerprint density at radius 1 is 1.46 bits per heavy atom. The van der Waals surface area contributed by atoms with E-state index in [1.165, 1.54) is 19.3 Å². The van der Waals surface area contributed by atoms with Gasteiger partial charge in [-0.05, 0) is 32.9 Å². The van der Waals surface area contributed by atoms with Crippen LogP contribution in [0.3, 0.4) is 0 Å². The van der Waals surface area contributed by atoms with Crippen LogP contribution in [-0.2, 0) is 0 Å². The molecule has 4 nitrogen and oxygen atoms in total. The first-order valence-corrected chi connectivity index (χ1v) is 4.94. The lowest BCUT2D eigenvalue weighted by Gasteiger charge is -2.31. The molecular weight excluding hydrogens is 166 g/mol. The zero-order chi connectivity index (χ0) is 9.68. The van der Waals surface area contributed by atoms with E-state index in [1.54, 1.807) is 0 Å². The maximum Gasteiger partial charge on any atom is 0.140 e. The number of amidine groups is 1. The lowest BCUT2D eigenvalue weighted by Crippen LogP contribution is -2.39. The Bertz CT molecular complexity index is 176. The van der Waals surface area contributed by atoms with Gasteiger partial charge in [-0.3, -0.25) is 0 Å². The van der Waals surface area contributed by atoms with Gasteiger partial charge in [-0.15, -0.1) is 0 Å². The van der Waals surface area contributed by atoms with Gasteiger partial charge >= 0.3 is 0 Å². The molecule has 0 aromatic carbocycles. The van der Waals surface area contributed by atoms with Crippen molar-refractivity contribution in [1.82, 2.24) is 4.90 Å². The van der Waals surface area contributed by atoms with Crippen LogP contribution in [0.4, 0.5) is 0 Å². The summed E-state index contributed by atoms with van der Waals surface area (Å²) in [5.41, 5.74) is 5.45. The second-order valence-electron chi connectivity index (χ2n) is 3.74. The van der Waals surface area contributed by atoms with Gasteiger partial charge in [-0.2, -0.15) is 0 Å². The molecule has 0 aliphatic carbocycles. The molecule has 76 valence electrons. The number of hydrogen-bond donors (Lipinski definition) is 2. The molecular formula is C9H19N3O. The largest absolute Gasteiger partial charge is 0.409 e. The highest BCUT2D eigenvalue weighted by Gasteiger charge is 2.17. The molecule has 0 aromatic heterocycles. The van der Waals surface area contributed by atoms with E-state index < -0.39 is 0 Å². The molecule has 1 rings (SSSR count). The SMILES string of the molecule is CC(C/C(N)=N/O)N1CCCCC1.